The van der Waals surface area contributed by atoms with Gasteiger partial charge in [-0.2, -0.15) is 0 Å². The van der Waals surface area contributed by atoms with E-state index in [-0.39, 0.29) is 11.7 Å². The minimum atomic E-state index is -0.125. The van der Waals surface area contributed by atoms with Gasteiger partial charge in [0.15, 0.2) is 11.5 Å². The van der Waals surface area contributed by atoms with Crippen molar-refractivity contribution < 1.29 is 14.6 Å². The molecule has 160 valence electrons. The zero-order valence-electron chi connectivity index (χ0n) is 17.2. The quantitative estimate of drug-likeness (QED) is 0.381. The normalized spacial score (nSPS) is 13.2. The maximum Gasteiger partial charge on any atom is 0.259 e. The lowest BCUT2D eigenvalue weighted by molar-refractivity contribution is 0.102. The maximum absolute atomic E-state index is 13.2. The number of ether oxygens (including phenoxy) is 1. The van der Waals surface area contributed by atoms with Gasteiger partial charge in [-0.3, -0.25) is 4.79 Å². The fourth-order valence-corrected chi connectivity index (χ4v) is 5.35. The topological polar surface area (TPSA) is 70.9 Å². The Bertz CT molecular complexity index is 1130. The number of rotatable bonds is 6. The number of carbonyl (C=O) groups is 1. The number of anilines is 1. The van der Waals surface area contributed by atoms with Gasteiger partial charge in [0.2, 0.25) is 0 Å². The van der Waals surface area contributed by atoms with Gasteiger partial charge >= 0.3 is 0 Å². The third-order valence-corrected chi connectivity index (χ3v) is 6.90. The van der Waals surface area contributed by atoms with Crippen molar-refractivity contribution in [1.82, 2.24) is 0 Å². The summed E-state index contributed by atoms with van der Waals surface area (Å²) in [5, 5.41) is 13.9. The van der Waals surface area contributed by atoms with E-state index < -0.39 is 0 Å². The van der Waals surface area contributed by atoms with Crippen LogP contribution in [0.3, 0.4) is 0 Å². The monoisotopic (exact) mass is 498 g/mol. The predicted molar refractivity (Wildman–Crippen MR) is 130 cm³/mol. The van der Waals surface area contributed by atoms with Crippen LogP contribution in [-0.4, -0.2) is 23.8 Å². The highest BCUT2D eigenvalue weighted by molar-refractivity contribution is 9.10. The first-order valence-electron chi connectivity index (χ1n) is 10.3. The average Bonchev–Trinajstić information content (AvgIpc) is 3.15. The Morgan fingerprint density at radius 2 is 2.03 bits per heavy atom. The summed E-state index contributed by atoms with van der Waals surface area (Å²) in [4.78, 5) is 19.1. The Morgan fingerprint density at radius 3 is 2.81 bits per heavy atom. The van der Waals surface area contributed by atoms with Crippen molar-refractivity contribution in [3.63, 3.8) is 0 Å². The molecule has 0 spiro atoms. The van der Waals surface area contributed by atoms with Gasteiger partial charge in [0, 0.05) is 16.8 Å². The van der Waals surface area contributed by atoms with Crippen LogP contribution < -0.4 is 10.1 Å². The summed E-state index contributed by atoms with van der Waals surface area (Å²) in [5.74, 6) is 0.332. The van der Waals surface area contributed by atoms with E-state index in [9.17, 15) is 9.90 Å². The molecule has 7 heteroatoms. The third kappa shape index (κ3) is 4.83. The molecule has 3 aromatic rings. The Balaban J connectivity index is 1.68. The van der Waals surface area contributed by atoms with E-state index in [4.69, 9.17) is 9.73 Å². The van der Waals surface area contributed by atoms with Crippen molar-refractivity contribution in [3.05, 3.63) is 68.5 Å². The Kier molecular flexibility index (Phi) is 6.73. The zero-order chi connectivity index (χ0) is 21.8. The molecule has 1 aliphatic carbocycles. The molecule has 5 nitrogen and oxygen atoms in total. The van der Waals surface area contributed by atoms with Gasteiger partial charge in [-0.15, -0.1) is 11.3 Å². The second kappa shape index (κ2) is 9.66. The van der Waals surface area contributed by atoms with Crippen LogP contribution in [0.25, 0.3) is 0 Å². The van der Waals surface area contributed by atoms with Crippen LogP contribution in [0.5, 0.6) is 11.5 Å². The lowest BCUT2D eigenvalue weighted by Crippen LogP contribution is -2.14. The first-order valence-corrected chi connectivity index (χ1v) is 11.9. The van der Waals surface area contributed by atoms with Crippen molar-refractivity contribution in [2.45, 2.75) is 32.6 Å². The van der Waals surface area contributed by atoms with Crippen molar-refractivity contribution in [1.29, 1.82) is 0 Å². The summed E-state index contributed by atoms with van der Waals surface area (Å²) in [6.07, 6.45) is 5.82. The number of halogens is 1. The van der Waals surface area contributed by atoms with E-state index in [2.05, 4.69) is 21.2 Å². The minimum Gasteiger partial charge on any atom is -0.503 e. The number of fused-ring (bicyclic) bond motifs is 1. The standard InChI is InChI=1S/C24H23BrN2O3S/c1-2-30-19-13-15(12-18(25)22(19)28)14-26-24-21(17-10-6-7-11-20(17)31-24)23(29)27-16-8-4-3-5-9-16/h3-5,8-9,12-14,28H,2,6-7,10-11H2,1H3,(H,27,29). The number of aliphatic imine (C=N–C) groups is 1. The number of carbonyl (C=O) groups excluding carboxylic acids is 1. The molecule has 0 fully saturated rings. The first-order chi connectivity index (χ1) is 15.1. The molecule has 1 heterocycles. The largest absolute Gasteiger partial charge is 0.503 e. The molecule has 0 aliphatic heterocycles. The van der Waals surface area contributed by atoms with Crippen molar-refractivity contribution in [2.24, 2.45) is 4.99 Å². The van der Waals surface area contributed by atoms with Gasteiger partial charge in [0.25, 0.3) is 5.91 Å². The van der Waals surface area contributed by atoms with E-state index in [1.54, 1.807) is 29.7 Å². The lowest BCUT2D eigenvalue weighted by Gasteiger charge is -2.12. The van der Waals surface area contributed by atoms with Crippen LogP contribution in [0.2, 0.25) is 0 Å². The van der Waals surface area contributed by atoms with Crippen LogP contribution in [-0.2, 0) is 12.8 Å². The minimum absolute atomic E-state index is 0.0634. The molecule has 0 radical (unpaired) electrons. The number of nitrogens with zero attached hydrogens (tertiary/aromatic N) is 1. The van der Waals surface area contributed by atoms with E-state index in [1.807, 2.05) is 37.3 Å². The molecule has 2 N–H and O–H groups in total. The van der Waals surface area contributed by atoms with Gasteiger partial charge in [0.05, 0.1) is 16.6 Å². The third-order valence-electron chi connectivity index (χ3n) is 5.09. The van der Waals surface area contributed by atoms with E-state index in [1.165, 1.54) is 4.88 Å². The number of aromatic hydroxyl groups is 1. The number of phenolic OH excluding ortho intramolecular Hbond substituents is 1. The van der Waals surface area contributed by atoms with E-state index in [0.717, 1.165) is 42.5 Å². The fraction of sp³-hybridized carbons (Fsp3) is 0.250. The molecule has 0 bridgehead atoms. The number of hydrogen-bond donors (Lipinski definition) is 2. The Hall–Kier alpha value is -2.64. The summed E-state index contributed by atoms with van der Waals surface area (Å²) in [7, 11) is 0. The molecule has 0 unspecified atom stereocenters. The van der Waals surface area contributed by atoms with Crippen LogP contribution >= 0.6 is 27.3 Å². The number of para-hydroxylation sites is 1. The number of thiophene rings is 1. The van der Waals surface area contributed by atoms with Crippen molar-refractivity contribution in [2.75, 3.05) is 11.9 Å². The van der Waals surface area contributed by atoms with Crippen molar-refractivity contribution >= 4 is 50.1 Å². The molecule has 0 saturated heterocycles. The first kappa shape index (κ1) is 21.6. The van der Waals surface area contributed by atoms with Crippen LogP contribution in [0.1, 0.15) is 46.1 Å². The molecule has 2 aromatic carbocycles. The van der Waals surface area contributed by atoms with Gasteiger partial charge < -0.3 is 15.2 Å². The van der Waals surface area contributed by atoms with Crippen LogP contribution in [0.15, 0.2) is 51.9 Å². The van der Waals surface area contributed by atoms with Gasteiger partial charge in [-0.25, -0.2) is 4.99 Å². The molecule has 1 amide bonds. The highest BCUT2D eigenvalue weighted by Crippen LogP contribution is 2.41. The summed E-state index contributed by atoms with van der Waals surface area (Å²) in [6.45, 7) is 2.31. The molecule has 0 saturated carbocycles. The number of hydrogen-bond acceptors (Lipinski definition) is 5. The molecule has 1 aliphatic rings. The van der Waals surface area contributed by atoms with Crippen molar-refractivity contribution in [3.8, 4) is 11.5 Å². The molecule has 1 aromatic heterocycles. The molecular formula is C24H23BrN2O3S. The number of amides is 1. The van der Waals surface area contributed by atoms with Crippen LogP contribution in [0.4, 0.5) is 10.7 Å². The molecule has 0 atom stereocenters. The lowest BCUT2D eigenvalue weighted by atomic mass is 9.95. The predicted octanol–water partition coefficient (Wildman–Crippen LogP) is 6.50. The second-order valence-corrected chi connectivity index (χ2v) is 9.19. The Labute approximate surface area is 193 Å². The summed E-state index contributed by atoms with van der Waals surface area (Å²) < 4.78 is 6.04. The number of nitrogens with one attached hydrogen (secondary N) is 1. The maximum atomic E-state index is 13.2. The summed E-state index contributed by atoms with van der Waals surface area (Å²) in [5.41, 5.74) is 3.33. The number of benzene rings is 2. The van der Waals surface area contributed by atoms with E-state index >= 15 is 0 Å². The molecule has 31 heavy (non-hydrogen) atoms. The summed E-state index contributed by atoms with van der Waals surface area (Å²) >= 11 is 4.95. The van der Waals surface area contributed by atoms with Gasteiger partial charge in [0.1, 0.15) is 5.00 Å². The zero-order valence-corrected chi connectivity index (χ0v) is 19.6. The highest BCUT2D eigenvalue weighted by atomic mass is 79.9. The SMILES string of the molecule is CCOc1cc(C=Nc2sc3c(c2C(=O)Nc2ccccc2)CCCC3)cc(Br)c1O. The Morgan fingerprint density at radius 1 is 1.26 bits per heavy atom. The molecule has 4 rings (SSSR count). The highest BCUT2D eigenvalue weighted by Gasteiger charge is 2.25. The van der Waals surface area contributed by atoms with Crippen LogP contribution in [0, 0.1) is 0 Å². The van der Waals surface area contributed by atoms with Gasteiger partial charge in [-0.1, -0.05) is 18.2 Å². The number of phenols is 1. The second-order valence-electron chi connectivity index (χ2n) is 7.25. The number of aryl methyl sites for hydroxylation is 1. The average molecular weight is 499 g/mol. The van der Waals surface area contributed by atoms with E-state index in [0.29, 0.717) is 27.4 Å². The molecular weight excluding hydrogens is 476 g/mol. The smallest absolute Gasteiger partial charge is 0.259 e. The summed E-state index contributed by atoms with van der Waals surface area (Å²) in [6, 6.07) is 13.0. The fourth-order valence-electron chi connectivity index (χ4n) is 3.66. The van der Waals surface area contributed by atoms with Gasteiger partial charge in [-0.05, 0) is 83.9 Å².